The summed E-state index contributed by atoms with van der Waals surface area (Å²) < 4.78 is 62.2. The maximum atomic E-state index is 12.4. The van der Waals surface area contributed by atoms with Crippen molar-refractivity contribution in [3.63, 3.8) is 0 Å². The average Bonchev–Trinajstić information content (AvgIpc) is 3.02. The number of carbonyl (C=O) groups is 2. The van der Waals surface area contributed by atoms with Crippen molar-refractivity contribution in [3.8, 4) is 5.75 Å². The van der Waals surface area contributed by atoms with Gasteiger partial charge in [0, 0.05) is 19.8 Å². The van der Waals surface area contributed by atoms with Crippen LogP contribution in [0.25, 0.3) is 0 Å². The summed E-state index contributed by atoms with van der Waals surface area (Å²) >= 11 is 0. The van der Waals surface area contributed by atoms with Crippen LogP contribution < -0.4 is 14.8 Å². The molecule has 1 heterocycles. The van der Waals surface area contributed by atoms with Gasteiger partial charge in [0.2, 0.25) is 0 Å². The number of halogens is 2. The summed E-state index contributed by atoms with van der Waals surface area (Å²) in [6, 6.07) is 5.54. The predicted octanol–water partition coefficient (Wildman–Crippen LogP) is 1.57. The van der Waals surface area contributed by atoms with E-state index in [9.17, 15) is 26.8 Å². The first-order valence-corrected chi connectivity index (χ1v) is 10.5. The van der Waals surface area contributed by atoms with Crippen LogP contribution in [-0.4, -0.2) is 49.1 Å². The van der Waals surface area contributed by atoms with Crippen LogP contribution in [0.15, 0.2) is 35.5 Å². The smallest absolute Gasteiger partial charge is 0.387 e. The number of ether oxygens (including phenoxy) is 2. The van der Waals surface area contributed by atoms with Crippen LogP contribution in [0, 0.1) is 6.92 Å². The SMILES string of the molecule is Cc1nc(S(=O)(=O)NCCC(=O)OC(C)C(=O)Nc2ccccc2OC(F)F)cn1C. The lowest BCUT2D eigenvalue weighted by Gasteiger charge is -2.15. The molecule has 0 saturated heterocycles. The normalized spacial score (nSPS) is 12.5. The Hall–Kier alpha value is -3.06. The van der Waals surface area contributed by atoms with E-state index in [1.807, 2.05) is 0 Å². The molecule has 2 aromatic rings. The quantitative estimate of drug-likeness (QED) is 0.515. The van der Waals surface area contributed by atoms with E-state index >= 15 is 0 Å². The number of aromatic nitrogens is 2. The van der Waals surface area contributed by atoms with Gasteiger partial charge in [-0.25, -0.2) is 18.1 Å². The summed E-state index contributed by atoms with van der Waals surface area (Å²) in [7, 11) is -2.26. The molecule has 0 spiro atoms. The number of sulfonamides is 1. The minimum absolute atomic E-state index is 0.0193. The number of rotatable bonds is 10. The van der Waals surface area contributed by atoms with Gasteiger partial charge in [-0.3, -0.25) is 9.59 Å². The van der Waals surface area contributed by atoms with Crippen molar-refractivity contribution in [2.75, 3.05) is 11.9 Å². The second-order valence-electron chi connectivity index (χ2n) is 6.38. The van der Waals surface area contributed by atoms with Crippen molar-refractivity contribution in [3.05, 3.63) is 36.3 Å². The third kappa shape index (κ3) is 7.00. The molecule has 0 aliphatic carbocycles. The second-order valence-corrected chi connectivity index (χ2v) is 8.09. The van der Waals surface area contributed by atoms with Gasteiger partial charge >= 0.3 is 12.6 Å². The lowest BCUT2D eigenvalue weighted by molar-refractivity contribution is -0.152. The first kappa shape index (κ1) is 24.2. The van der Waals surface area contributed by atoms with E-state index in [0.29, 0.717) is 5.82 Å². The van der Waals surface area contributed by atoms with E-state index in [4.69, 9.17) is 4.74 Å². The molecule has 1 aromatic carbocycles. The largest absolute Gasteiger partial charge is 0.452 e. The Morgan fingerprint density at radius 2 is 1.94 bits per heavy atom. The summed E-state index contributed by atoms with van der Waals surface area (Å²) in [5.41, 5.74) is -0.0193. The molecule has 2 rings (SSSR count). The molecule has 0 saturated carbocycles. The van der Waals surface area contributed by atoms with Crippen LogP contribution in [0.2, 0.25) is 0 Å². The number of aryl methyl sites for hydroxylation is 2. The van der Waals surface area contributed by atoms with Crippen molar-refractivity contribution in [1.82, 2.24) is 14.3 Å². The van der Waals surface area contributed by atoms with Crippen LogP contribution in [-0.2, 0) is 31.4 Å². The molecule has 13 heteroatoms. The number of hydrogen-bond acceptors (Lipinski definition) is 7. The standard InChI is InChI=1S/C18H22F2N4O6S/c1-11(17(26)23-13-6-4-5-7-14(13)30-18(19)20)29-16(25)8-9-21-31(27,28)15-10-24(3)12(2)22-15/h4-7,10-11,18,21H,8-9H2,1-3H3,(H,23,26). The highest BCUT2D eigenvalue weighted by atomic mass is 32.2. The Labute approximate surface area is 177 Å². The lowest BCUT2D eigenvalue weighted by atomic mass is 10.2. The summed E-state index contributed by atoms with van der Waals surface area (Å²) in [5.74, 6) is -1.36. The van der Waals surface area contributed by atoms with Gasteiger partial charge in [0.15, 0.2) is 11.1 Å². The molecule has 0 aliphatic rings. The molecule has 170 valence electrons. The number of alkyl halides is 2. The number of esters is 1. The number of nitrogens with zero attached hydrogens (tertiary/aromatic N) is 2. The summed E-state index contributed by atoms with van der Waals surface area (Å²) in [4.78, 5) is 28.0. The number of nitrogens with one attached hydrogen (secondary N) is 2. The number of amides is 1. The fraction of sp³-hybridized carbons (Fsp3) is 0.389. The number of para-hydroxylation sites is 2. The molecule has 0 radical (unpaired) electrons. The summed E-state index contributed by atoms with van der Waals surface area (Å²) in [6.07, 6.45) is -0.270. The highest BCUT2D eigenvalue weighted by Crippen LogP contribution is 2.25. The zero-order chi connectivity index (χ0) is 23.2. The van der Waals surface area contributed by atoms with E-state index in [0.717, 1.165) is 0 Å². The zero-order valence-electron chi connectivity index (χ0n) is 17.0. The lowest BCUT2D eigenvalue weighted by Crippen LogP contribution is -2.32. The van der Waals surface area contributed by atoms with Crippen LogP contribution in [0.1, 0.15) is 19.2 Å². The van der Waals surface area contributed by atoms with Gasteiger partial charge in [0.25, 0.3) is 15.9 Å². The number of imidazole rings is 1. The van der Waals surface area contributed by atoms with Gasteiger partial charge in [0.05, 0.1) is 12.1 Å². The van der Waals surface area contributed by atoms with Crippen LogP contribution in [0.3, 0.4) is 0 Å². The molecule has 31 heavy (non-hydrogen) atoms. The first-order valence-electron chi connectivity index (χ1n) is 9.03. The molecule has 1 unspecified atom stereocenters. The van der Waals surface area contributed by atoms with Crippen LogP contribution in [0.4, 0.5) is 14.5 Å². The fourth-order valence-electron chi connectivity index (χ4n) is 2.33. The molecule has 10 nitrogen and oxygen atoms in total. The van der Waals surface area contributed by atoms with Crippen LogP contribution >= 0.6 is 0 Å². The van der Waals surface area contributed by atoms with Gasteiger partial charge in [-0.2, -0.15) is 8.78 Å². The number of benzene rings is 1. The van der Waals surface area contributed by atoms with Gasteiger partial charge < -0.3 is 19.4 Å². The molecule has 0 aliphatic heterocycles. The Morgan fingerprint density at radius 1 is 1.26 bits per heavy atom. The number of carbonyl (C=O) groups excluding carboxylic acids is 2. The Morgan fingerprint density at radius 3 is 2.55 bits per heavy atom. The Kier molecular flexibility index (Phi) is 8.05. The van der Waals surface area contributed by atoms with Gasteiger partial charge in [-0.1, -0.05) is 12.1 Å². The van der Waals surface area contributed by atoms with E-state index < -0.39 is 34.6 Å². The molecule has 2 N–H and O–H groups in total. The highest BCUT2D eigenvalue weighted by Gasteiger charge is 2.22. The highest BCUT2D eigenvalue weighted by molar-refractivity contribution is 7.89. The van der Waals surface area contributed by atoms with E-state index in [1.54, 1.807) is 14.0 Å². The topological polar surface area (TPSA) is 129 Å². The zero-order valence-corrected chi connectivity index (χ0v) is 17.8. The first-order chi connectivity index (χ1) is 14.5. The third-order valence-corrected chi connectivity index (χ3v) is 5.35. The summed E-state index contributed by atoms with van der Waals surface area (Å²) in [6.45, 7) is -0.422. The molecular weight excluding hydrogens is 438 g/mol. The number of anilines is 1. The summed E-state index contributed by atoms with van der Waals surface area (Å²) in [5, 5.41) is 2.15. The molecule has 1 amide bonds. The molecule has 1 atom stereocenters. The molecular formula is C18H22F2N4O6S. The average molecular weight is 460 g/mol. The van der Waals surface area contributed by atoms with E-state index in [-0.39, 0.29) is 29.4 Å². The second kappa shape index (κ2) is 10.3. The maximum absolute atomic E-state index is 12.4. The predicted molar refractivity (Wildman–Crippen MR) is 105 cm³/mol. The van der Waals surface area contributed by atoms with Gasteiger partial charge in [-0.05, 0) is 26.0 Å². The van der Waals surface area contributed by atoms with E-state index in [2.05, 4.69) is 19.8 Å². The van der Waals surface area contributed by atoms with Gasteiger partial charge in [0.1, 0.15) is 11.6 Å². The monoisotopic (exact) mass is 460 g/mol. The van der Waals surface area contributed by atoms with E-state index in [1.165, 1.54) is 42.0 Å². The fourth-order valence-corrected chi connectivity index (χ4v) is 3.40. The molecule has 0 bridgehead atoms. The Balaban J connectivity index is 1.85. The molecule has 0 fully saturated rings. The van der Waals surface area contributed by atoms with Crippen molar-refractivity contribution in [1.29, 1.82) is 0 Å². The third-order valence-electron chi connectivity index (χ3n) is 4.02. The van der Waals surface area contributed by atoms with Gasteiger partial charge in [-0.15, -0.1) is 0 Å². The van der Waals surface area contributed by atoms with Crippen molar-refractivity contribution >= 4 is 27.6 Å². The van der Waals surface area contributed by atoms with Crippen molar-refractivity contribution in [2.45, 2.75) is 38.0 Å². The minimum atomic E-state index is -3.90. The van der Waals surface area contributed by atoms with Crippen LogP contribution in [0.5, 0.6) is 5.75 Å². The van der Waals surface area contributed by atoms with Crippen molar-refractivity contribution < 1.29 is 36.3 Å². The van der Waals surface area contributed by atoms with Crippen molar-refractivity contribution in [2.24, 2.45) is 7.05 Å². The molecule has 1 aromatic heterocycles. The maximum Gasteiger partial charge on any atom is 0.387 e. The minimum Gasteiger partial charge on any atom is -0.452 e. The number of hydrogen-bond donors (Lipinski definition) is 2. The Bertz CT molecular complexity index is 1020.